The number of amides is 2. The van der Waals surface area contributed by atoms with E-state index in [1.807, 2.05) is 50.2 Å². The lowest BCUT2D eigenvalue weighted by molar-refractivity contribution is -0.146. The van der Waals surface area contributed by atoms with Gasteiger partial charge >= 0.3 is 12.0 Å². The van der Waals surface area contributed by atoms with Crippen molar-refractivity contribution in [2.24, 2.45) is 0 Å². The molecule has 0 fully saturated rings. The highest BCUT2D eigenvalue weighted by Gasteiger charge is 2.45. The van der Waals surface area contributed by atoms with E-state index in [1.165, 1.54) is 7.11 Å². The van der Waals surface area contributed by atoms with Gasteiger partial charge in [0.15, 0.2) is 0 Å². The molecule has 1 aliphatic rings. The molecule has 7 heteroatoms. The normalized spacial score (nSPS) is 18.5. The molecule has 1 aliphatic heterocycles. The summed E-state index contributed by atoms with van der Waals surface area (Å²) in [4.78, 5) is 30.8. The molecule has 152 valence electrons. The predicted octanol–water partition coefficient (Wildman–Crippen LogP) is 3.54. The van der Waals surface area contributed by atoms with E-state index in [0.717, 1.165) is 34.3 Å². The highest BCUT2D eigenvalue weighted by Crippen LogP contribution is 2.41. The zero-order valence-electron chi connectivity index (χ0n) is 16.8. The van der Waals surface area contributed by atoms with E-state index in [9.17, 15) is 9.59 Å². The molecular weight excluding hydrogens is 370 g/mol. The second-order valence-electron chi connectivity index (χ2n) is 7.11. The van der Waals surface area contributed by atoms with Crippen molar-refractivity contribution in [2.45, 2.75) is 38.8 Å². The molecule has 3 aromatic rings. The Balaban J connectivity index is 1.94. The number of urea groups is 1. The highest BCUT2D eigenvalue weighted by atomic mass is 16.5. The van der Waals surface area contributed by atoms with Gasteiger partial charge in [0.05, 0.1) is 12.8 Å². The smallest absolute Gasteiger partial charge is 0.329 e. The van der Waals surface area contributed by atoms with Crippen LogP contribution in [0.2, 0.25) is 0 Å². The number of esters is 1. The molecule has 0 spiro atoms. The van der Waals surface area contributed by atoms with Gasteiger partial charge in [-0.15, -0.1) is 0 Å². The third kappa shape index (κ3) is 3.16. The SMILES string of the molecule is CCNC(=O)N1[C@@H](c2ccc(CC)o2)c2[nH]c3ccccc3c2C[C@H]1C(=O)OC. The quantitative estimate of drug-likeness (QED) is 0.662. The highest BCUT2D eigenvalue weighted by molar-refractivity contribution is 5.90. The van der Waals surface area contributed by atoms with Gasteiger partial charge in [0, 0.05) is 30.3 Å². The van der Waals surface area contributed by atoms with E-state index in [0.29, 0.717) is 18.7 Å². The molecule has 1 aromatic carbocycles. The molecule has 0 aliphatic carbocycles. The van der Waals surface area contributed by atoms with Crippen LogP contribution in [0.5, 0.6) is 0 Å². The Labute approximate surface area is 169 Å². The van der Waals surface area contributed by atoms with Crippen LogP contribution in [0, 0.1) is 0 Å². The lowest BCUT2D eigenvalue weighted by Gasteiger charge is -2.39. The number of aromatic nitrogens is 1. The van der Waals surface area contributed by atoms with Gasteiger partial charge in [0.2, 0.25) is 0 Å². The number of hydrogen-bond donors (Lipinski definition) is 2. The number of furan rings is 1. The number of benzene rings is 1. The van der Waals surface area contributed by atoms with Crippen LogP contribution in [-0.4, -0.2) is 41.6 Å². The molecule has 3 heterocycles. The zero-order valence-corrected chi connectivity index (χ0v) is 16.8. The number of carbonyl (C=O) groups is 2. The number of fused-ring (bicyclic) bond motifs is 3. The molecule has 0 saturated carbocycles. The third-order valence-corrected chi connectivity index (χ3v) is 5.47. The first-order chi connectivity index (χ1) is 14.1. The molecule has 2 N–H and O–H groups in total. The summed E-state index contributed by atoms with van der Waals surface area (Å²) in [5.41, 5.74) is 2.84. The molecule has 0 bridgehead atoms. The topological polar surface area (TPSA) is 87.6 Å². The number of nitrogens with zero attached hydrogens (tertiary/aromatic N) is 1. The summed E-state index contributed by atoms with van der Waals surface area (Å²) < 4.78 is 11.1. The molecular formula is C22H25N3O4. The maximum absolute atomic E-state index is 13.1. The number of carbonyl (C=O) groups excluding carboxylic acids is 2. The first-order valence-electron chi connectivity index (χ1n) is 9.91. The van der Waals surface area contributed by atoms with Crippen LogP contribution in [0.15, 0.2) is 40.8 Å². The van der Waals surface area contributed by atoms with Crippen LogP contribution in [0.1, 0.15) is 42.7 Å². The molecule has 0 radical (unpaired) electrons. The van der Waals surface area contributed by atoms with E-state index in [4.69, 9.17) is 9.15 Å². The van der Waals surface area contributed by atoms with Crippen LogP contribution in [0.3, 0.4) is 0 Å². The van der Waals surface area contributed by atoms with Crippen LogP contribution >= 0.6 is 0 Å². The van der Waals surface area contributed by atoms with Gasteiger partial charge in [-0.05, 0) is 30.7 Å². The Bertz CT molecular complexity index is 1050. The van der Waals surface area contributed by atoms with Crippen molar-refractivity contribution in [3.63, 3.8) is 0 Å². The minimum atomic E-state index is -0.751. The first kappa shape index (κ1) is 19.1. The van der Waals surface area contributed by atoms with Crippen molar-refractivity contribution in [1.29, 1.82) is 0 Å². The fourth-order valence-electron chi connectivity index (χ4n) is 4.13. The van der Waals surface area contributed by atoms with Crippen LogP contribution in [0.25, 0.3) is 10.9 Å². The molecule has 2 atom stereocenters. The Kier molecular flexibility index (Phi) is 5.05. The Morgan fingerprint density at radius 1 is 1.24 bits per heavy atom. The average Bonchev–Trinajstić information content (AvgIpc) is 3.36. The van der Waals surface area contributed by atoms with Crippen LogP contribution < -0.4 is 5.32 Å². The van der Waals surface area contributed by atoms with Gasteiger partial charge in [-0.3, -0.25) is 4.90 Å². The van der Waals surface area contributed by atoms with Crippen molar-refractivity contribution in [2.75, 3.05) is 13.7 Å². The standard InChI is InChI=1S/C22H25N3O4/c1-4-13-10-11-18(29-13)20-19-15(14-8-6-7-9-16(14)24-19)12-17(21(26)28-3)25(20)22(27)23-5-2/h6-11,17,20,24H,4-5,12H2,1-3H3,(H,23,27)/t17-,20-/m0/s1. The van der Waals surface area contributed by atoms with Crippen LogP contribution in [-0.2, 0) is 22.4 Å². The summed E-state index contributed by atoms with van der Waals surface area (Å²) in [6.45, 7) is 4.31. The zero-order chi connectivity index (χ0) is 20.5. The average molecular weight is 395 g/mol. The van der Waals surface area contributed by atoms with Crippen molar-refractivity contribution >= 4 is 22.9 Å². The summed E-state index contributed by atoms with van der Waals surface area (Å²) in [5, 5.41) is 3.87. The molecule has 2 amide bonds. The molecule has 2 aromatic heterocycles. The molecule has 29 heavy (non-hydrogen) atoms. The number of H-pyrrole nitrogens is 1. The largest absolute Gasteiger partial charge is 0.467 e. The van der Waals surface area contributed by atoms with Gasteiger partial charge in [0.1, 0.15) is 23.6 Å². The fraction of sp³-hybridized carbons (Fsp3) is 0.364. The summed E-state index contributed by atoms with van der Waals surface area (Å²) >= 11 is 0. The Morgan fingerprint density at radius 2 is 2.03 bits per heavy atom. The molecule has 0 unspecified atom stereocenters. The Morgan fingerprint density at radius 3 is 2.72 bits per heavy atom. The van der Waals surface area contributed by atoms with Crippen molar-refractivity contribution in [1.82, 2.24) is 15.2 Å². The number of aromatic amines is 1. The summed E-state index contributed by atoms with van der Waals surface area (Å²) in [6.07, 6.45) is 1.12. The number of rotatable bonds is 4. The lowest BCUT2D eigenvalue weighted by atomic mass is 9.90. The second kappa shape index (κ2) is 7.66. The van der Waals surface area contributed by atoms with E-state index in [1.54, 1.807) is 4.90 Å². The number of aryl methyl sites for hydroxylation is 1. The fourth-order valence-corrected chi connectivity index (χ4v) is 4.13. The van der Waals surface area contributed by atoms with Crippen molar-refractivity contribution < 1.29 is 18.7 Å². The van der Waals surface area contributed by atoms with Crippen molar-refractivity contribution in [3.8, 4) is 0 Å². The maximum atomic E-state index is 13.1. The van der Waals surface area contributed by atoms with Gasteiger partial charge in [0.25, 0.3) is 0 Å². The molecule has 7 nitrogen and oxygen atoms in total. The number of hydrogen-bond acceptors (Lipinski definition) is 4. The van der Waals surface area contributed by atoms with E-state index in [2.05, 4.69) is 10.3 Å². The minimum absolute atomic E-state index is 0.327. The predicted molar refractivity (Wildman–Crippen MR) is 109 cm³/mol. The first-order valence-corrected chi connectivity index (χ1v) is 9.91. The summed E-state index contributed by atoms with van der Waals surface area (Å²) in [5.74, 6) is 1.00. The second-order valence-corrected chi connectivity index (χ2v) is 7.11. The van der Waals surface area contributed by atoms with Gasteiger partial charge in [-0.1, -0.05) is 25.1 Å². The number of methoxy groups -OCH3 is 1. The lowest BCUT2D eigenvalue weighted by Crippen LogP contribution is -2.55. The van der Waals surface area contributed by atoms with Gasteiger partial charge in [-0.2, -0.15) is 0 Å². The monoisotopic (exact) mass is 395 g/mol. The molecule has 0 saturated heterocycles. The van der Waals surface area contributed by atoms with Crippen LogP contribution in [0.4, 0.5) is 4.79 Å². The molecule has 4 rings (SSSR count). The third-order valence-electron chi connectivity index (χ3n) is 5.47. The summed E-state index contributed by atoms with van der Waals surface area (Å²) in [6, 6.07) is 10.1. The minimum Gasteiger partial charge on any atom is -0.467 e. The summed E-state index contributed by atoms with van der Waals surface area (Å²) in [7, 11) is 1.35. The van der Waals surface area contributed by atoms with E-state index >= 15 is 0 Å². The van der Waals surface area contributed by atoms with Gasteiger partial charge in [-0.25, -0.2) is 9.59 Å². The Hall–Kier alpha value is -3.22. The van der Waals surface area contributed by atoms with Crippen molar-refractivity contribution in [3.05, 3.63) is 59.2 Å². The number of para-hydroxylation sites is 1. The van der Waals surface area contributed by atoms with Gasteiger partial charge < -0.3 is 19.5 Å². The maximum Gasteiger partial charge on any atom is 0.329 e. The number of nitrogens with one attached hydrogen (secondary N) is 2. The van der Waals surface area contributed by atoms with E-state index < -0.39 is 18.1 Å². The number of ether oxygens (including phenoxy) is 1. The van der Waals surface area contributed by atoms with E-state index in [-0.39, 0.29) is 6.03 Å².